The quantitative estimate of drug-likeness (QED) is 0.262. The summed E-state index contributed by atoms with van der Waals surface area (Å²) in [6.45, 7) is 16.6. The second kappa shape index (κ2) is 12.0. The van der Waals surface area contributed by atoms with Crippen molar-refractivity contribution in [2.24, 2.45) is 45.8 Å². The molecule has 248 valence electrons. The first kappa shape index (κ1) is 31.8. The van der Waals surface area contributed by atoms with Crippen LogP contribution in [-0.4, -0.2) is 94.9 Å². The van der Waals surface area contributed by atoms with Crippen molar-refractivity contribution in [3.05, 3.63) is 11.6 Å². The normalized spacial score (nSPS) is 47.5. The summed E-state index contributed by atoms with van der Waals surface area (Å²) in [5.74, 6) is 3.91. The molecule has 8 rings (SSSR count). The van der Waals surface area contributed by atoms with Gasteiger partial charge in [0.25, 0.3) is 0 Å². The zero-order valence-electron chi connectivity index (χ0n) is 28.2. The van der Waals surface area contributed by atoms with E-state index >= 15 is 0 Å². The molecule has 7 fully saturated rings. The summed E-state index contributed by atoms with van der Waals surface area (Å²) in [4.78, 5) is 15.1. The van der Waals surface area contributed by atoms with Crippen LogP contribution in [0.3, 0.4) is 0 Å². The molecule has 0 amide bonds. The zero-order chi connectivity index (χ0) is 30.7. The van der Waals surface area contributed by atoms with Gasteiger partial charge in [-0.25, -0.2) is 0 Å². The minimum atomic E-state index is -0.00726. The minimum Gasteiger partial charge on any atom is -0.382 e. The summed E-state index contributed by atoms with van der Waals surface area (Å²) in [7, 11) is 1.68. The van der Waals surface area contributed by atoms with Gasteiger partial charge in [0.15, 0.2) is 5.78 Å². The van der Waals surface area contributed by atoms with Gasteiger partial charge in [-0.15, -0.1) is 0 Å². The second-order valence-corrected chi connectivity index (χ2v) is 16.4. The van der Waals surface area contributed by atoms with Gasteiger partial charge >= 0.3 is 0 Å². The van der Waals surface area contributed by atoms with Crippen LogP contribution >= 0.6 is 0 Å². The van der Waals surface area contributed by atoms with E-state index in [1.165, 1.54) is 44.1 Å². The molecular weight excluding hydrogens is 554 g/mol. The molecule has 2 aliphatic heterocycles. The molecule has 2 bridgehead atoms. The number of nitrogens with zero attached hydrogens (tertiary/aromatic N) is 1. The van der Waals surface area contributed by atoms with Crippen molar-refractivity contribution in [3.63, 3.8) is 0 Å². The Kier molecular flexibility index (Phi) is 8.66. The Morgan fingerprint density at radius 2 is 1.64 bits per heavy atom. The van der Waals surface area contributed by atoms with E-state index in [4.69, 9.17) is 23.7 Å². The van der Waals surface area contributed by atoms with Gasteiger partial charge in [-0.3, -0.25) is 9.69 Å². The number of allylic oxidation sites excluding steroid dienone is 2. The first-order chi connectivity index (χ1) is 21.2. The van der Waals surface area contributed by atoms with E-state index in [-0.39, 0.29) is 16.4 Å². The standard InChI is InChI=1S/C37H59NO6/c1-25-20-31-33(38(23-25)12-13-41-16-17-43-19-18-42-15-14-40-5)26(2)37(44-31)11-10-36-24-35(37,4)32(36)22-30-29(36)7-6-27-21-28(39)8-9-34(27,30)3/h21,25-26,29-33H,6-20,22-24H2,1-5H3/t25-,26+,29+,30-,31+,32?,33-,34-,35?,36?,37+/m0/s1. The van der Waals surface area contributed by atoms with Crippen LogP contribution in [0, 0.1) is 45.8 Å². The lowest BCUT2D eigenvalue weighted by molar-refractivity contribution is -0.294. The summed E-state index contributed by atoms with van der Waals surface area (Å²) in [5, 5.41) is 0. The van der Waals surface area contributed by atoms with E-state index < -0.39 is 0 Å². The van der Waals surface area contributed by atoms with Crippen LogP contribution in [0.4, 0.5) is 0 Å². The highest BCUT2D eigenvalue weighted by Gasteiger charge is 2.81. The van der Waals surface area contributed by atoms with Crippen molar-refractivity contribution < 1.29 is 28.5 Å². The van der Waals surface area contributed by atoms with Crippen LogP contribution in [0.1, 0.15) is 85.5 Å². The highest BCUT2D eigenvalue weighted by molar-refractivity contribution is 5.91. The molecule has 7 heteroatoms. The molecule has 3 unspecified atom stereocenters. The molecule has 0 aromatic rings. The van der Waals surface area contributed by atoms with Crippen LogP contribution in [0.25, 0.3) is 0 Å². The van der Waals surface area contributed by atoms with Crippen molar-refractivity contribution in [2.45, 2.75) is 103 Å². The number of hydrogen-bond acceptors (Lipinski definition) is 7. The first-order valence-corrected chi connectivity index (χ1v) is 18.1. The van der Waals surface area contributed by atoms with E-state index in [0.717, 1.165) is 56.7 Å². The van der Waals surface area contributed by atoms with Gasteiger partial charge in [-0.05, 0) is 91.9 Å². The highest BCUT2D eigenvalue weighted by atomic mass is 16.6. The Hall–Kier alpha value is -0.830. The van der Waals surface area contributed by atoms with Crippen molar-refractivity contribution >= 4 is 5.78 Å². The van der Waals surface area contributed by atoms with E-state index in [0.29, 0.717) is 74.8 Å². The predicted molar refractivity (Wildman–Crippen MR) is 169 cm³/mol. The lowest BCUT2D eigenvalue weighted by Gasteiger charge is -2.73. The average Bonchev–Trinajstić information content (AvgIpc) is 3.44. The number of likely N-dealkylation sites (tertiary alicyclic amines) is 1. The number of piperidine rings is 1. The summed E-state index contributed by atoms with van der Waals surface area (Å²) >= 11 is 0. The molecule has 7 nitrogen and oxygen atoms in total. The number of methoxy groups -OCH3 is 1. The first-order valence-electron chi connectivity index (χ1n) is 18.1. The van der Waals surface area contributed by atoms with Gasteiger partial charge in [-0.1, -0.05) is 33.3 Å². The number of rotatable bonds is 12. The summed E-state index contributed by atoms with van der Waals surface area (Å²) in [5.41, 5.74) is 2.51. The fourth-order valence-electron chi connectivity index (χ4n) is 12.8. The van der Waals surface area contributed by atoms with Gasteiger partial charge in [0.1, 0.15) is 0 Å². The molecule has 2 spiro atoms. The third kappa shape index (κ3) is 4.76. The van der Waals surface area contributed by atoms with Crippen molar-refractivity contribution in [3.8, 4) is 0 Å². The number of ketones is 1. The summed E-state index contributed by atoms with van der Waals surface area (Å²) in [6.07, 6.45) is 13.2. The Bertz CT molecular complexity index is 1110. The van der Waals surface area contributed by atoms with Crippen molar-refractivity contribution in [1.29, 1.82) is 0 Å². The third-order valence-electron chi connectivity index (χ3n) is 14.6. The smallest absolute Gasteiger partial charge is 0.155 e. The highest BCUT2D eigenvalue weighted by Crippen LogP contribution is 2.84. The molecule has 0 aromatic carbocycles. The van der Waals surface area contributed by atoms with Crippen molar-refractivity contribution in [1.82, 2.24) is 4.90 Å². The maximum absolute atomic E-state index is 12.4. The van der Waals surface area contributed by atoms with E-state index in [2.05, 4.69) is 38.7 Å². The number of carbonyl (C=O) groups is 1. The number of carbonyl (C=O) groups excluding carboxylic acids is 1. The Morgan fingerprint density at radius 3 is 2.39 bits per heavy atom. The van der Waals surface area contributed by atoms with Gasteiger partial charge in [-0.2, -0.15) is 0 Å². The molecular formula is C37H59NO6. The fourth-order valence-corrected chi connectivity index (χ4v) is 12.8. The Labute approximate surface area is 266 Å². The molecule has 0 aromatic heterocycles. The maximum atomic E-state index is 12.4. The fraction of sp³-hybridized carbons (Fsp3) is 0.919. The monoisotopic (exact) mass is 613 g/mol. The zero-order valence-corrected chi connectivity index (χ0v) is 28.2. The van der Waals surface area contributed by atoms with Gasteiger partial charge < -0.3 is 23.7 Å². The van der Waals surface area contributed by atoms with Gasteiger partial charge in [0.05, 0.1) is 58.0 Å². The topological polar surface area (TPSA) is 66.5 Å². The minimum absolute atomic E-state index is 0.00726. The van der Waals surface area contributed by atoms with E-state index in [9.17, 15) is 4.79 Å². The number of fused-ring (bicyclic) bond motifs is 5. The van der Waals surface area contributed by atoms with Gasteiger partial charge in [0, 0.05) is 44.0 Å². The molecule has 11 atom stereocenters. The third-order valence-corrected chi connectivity index (χ3v) is 14.6. The SMILES string of the molecule is COCCOCCOCCOCCN1C[C@@H](C)C[C@H]2O[C@]3(CCC45CC3(C)C4C[C@H]3[C@H]5CCC4=CC(=O)CC[C@@]43C)[C@H](C)[C@@H]21. The lowest BCUT2D eigenvalue weighted by atomic mass is 9.33. The number of hydrogen-bond donors (Lipinski definition) is 0. The van der Waals surface area contributed by atoms with Crippen molar-refractivity contribution in [2.75, 3.05) is 66.4 Å². The van der Waals surface area contributed by atoms with Crippen LogP contribution < -0.4 is 0 Å². The maximum Gasteiger partial charge on any atom is 0.155 e. The molecule has 5 saturated carbocycles. The molecule has 2 saturated heterocycles. The largest absolute Gasteiger partial charge is 0.382 e. The number of ether oxygens (including phenoxy) is 5. The van der Waals surface area contributed by atoms with Crippen LogP contribution in [-0.2, 0) is 28.5 Å². The molecule has 0 N–H and O–H groups in total. The van der Waals surface area contributed by atoms with Crippen LogP contribution in [0.2, 0.25) is 0 Å². The molecule has 2 heterocycles. The summed E-state index contributed by atoms with van der Waals surface area (Å²) < 4.78 is 29.7. The van der Waals surface area contributed by atoms with E-state index in [1.54, 1.807) is 7.11 Å². The van der Waals surface area contributed by atoms with E-state index in [1.807, 2.05) is 0 Å². The lowest BCUT2D eigenvalue weighted by Crippen LogP contribution is -2.71. The Balaban J connectivity index is 0.985. The molecule has 0 radical (unpaired) electrons. The van der Waals surface area contributed by atoms with Crippen LogP contribution in [0.15, 0.2) is 11.6 Å². The van der Waals surface area contributed by atoms with Crippen LogP contribution in [0.5, 0.6) is 0 Å². The molecule has 8 aliphatic rings. The van der Waals surface area contributed by atoms with Gasteiger partial charge in [0.2, 0.25) is 0 Å². The summed E-state index contributed by atoms with van der Waals surface area (Å²) in [6, 6.07) is 0.486. The molecule has 44 heavy (non-hydrogen) atoms. The average molecular weight is 614 g/mol. The Morgan fingerprint density at radius 1 is 0.909 bits per heavy atom. The second-order valence-electron chi connectivity index (χ2n) is 16.4. The molecule has 6 aliphatic carbocycles. The predicted octanol–water partition coefficient (Wildman–Crippen LogP) is 5.70.